The van der Waals surface area contributed by atoms with Crippen molar-refractivity contribution in [1.29, 1.82) is 0 Å². The van der Waals surface area contributed by atoms with Gasteiger partial charge in [-0.25, -0.2) is 5.43 Å². The van der Waals surface area contributed by atoms with Crippen LogP contribution in [0.3, 0.4) is 0 Å². The molecule has 2 heterocycles. The molecular weight excluding hydrogens is 294 g/mol. The van der Waals surface area contributed by atoms with Crippen molar-refractivity contribution in [2.24, 2.45) is 5.84 Å². The third-order valence-corrected chi connectivity index (χ3v) is 4.13. The average Bonchev–Trinajstić information content (AvgIpc) is 3.11. The Balaban J connectivity index is 1.92. The second-order valence-electron chi connectivity index (χ2n) is 4.14. The zero-order valence-electron chi connectivity index (χ0n) is 10.4. The van der Waals surface area contributed by atoms with Crippen LogP contribution >= 0.6 is 22.9 Å². The van der Waals surface area contributed by atoms with Gasteiger partial charge in [-0.05, 0) is 24.3 Å². The second-order valence-corrected chi connectivity index (χ2v) is 5.88. The van der Waals surface area contributed by atoms with Crippen LogP contribution < -0.4 is 11.3 Å². The summed E-state index contributed by atoms with van der Waals surface area (Å²) in [6.07, 6.45) is 1.70. The fourth-order valence-electron chi connectivity index (χ4n) is 1.89. The van der Waals surface area contributed by atoms with Crippen LogP contribution in [0.2, 0.25) is 4.34 Å². The summed E-state index contributed by atoms with van der Waals surface area (Å²) in [7, 11) is 0. The molecule has 3 N–H and O–H groups in total. The first-order valence-electron chi connectivity index (χ1n) is 5.97. The van der Waals surface area contributed by atoms with E-state index in [0.29, 0.717) is 0 Å². The Labute approximate surface area is 125 Å². The van der Waals surface area contributed by atoms with Gasteiger partial charge in [0, 0.05) is 4.88 Å². The van der Waals surface area contributed by atoms with Gasteiger partial charge in [0.1, 0.15) is 11.7 Å². The van der Waals surface area contributed by atoms with Crippen molar-refractivity contribution in [3.63, 3.8) is 0 Å². The lowest BCUT2D eigenvalue weighted by Crippen LogP contribution is -2.28. The lowest BCUT2D eigenvalue weighted by Gasteiger charge is -2.10. The first kappa shape index (κ1) is 13.3. The summed E-state index contributed by atoms with van der Waals surface area (Å²) in [6, 6.07) is 13.3. The topological polar surface area (TPSA) is 68.8 Å². The Kier molecular flexibility index (Phi) is 3.79. The number of aromatic nitrogens is 3. The third-order valence-electron chi connectivity index (χ3n) is 2.84. The Morgan fingerprint density at radius 3 is 2.65 bits per heavy atom. The predicted octanol–water partition coefficient (Wildman–Crippen LogP) is 2.53. The summed E-state index contributed by atoms with van der Waals surface area (Å²) in [6.45, 7) is 0. The van der Waals surface area contributed by atoms with Crippen LogP contribution in [0.1, 0.15) is 16.6 Å². The summed E-state index contributed by atoms with van der Waals surface area (Å²) >= 11 is 7.42. The van der Waals surface area contributed by atoms with E-state index in [1.807, 2.05) is 42.5 Å². The molecule has 102 valence electrons. The molecule has 5 nitrogen and oxygen atoms in total. The van der Waals surface area contributed by atoms with Crippen LogP contribution in [0.15, 0.2) is 48.7 Å². The summed E-state index contributed by atoms with van der Waals surface area (Å²) in [5.41, 5.74) is 4.40. The predicted molar refractivity (Wildman–Crippen MR) is 79.9 cm³/mol. The van der Waals surface area contributed by atoms with Crippen molar-refractivity contribution in [3.8, 4) is 5.69 Å². The molecule has 1 atom stereocenters. The highest BCUT2D eigenvalue weighted by atomic mass is 35.5. The first-order valence-corrected chi connectivity index (χ1v) is 7.16. The minimum Gasteiger partial charge on any atom is -0.270 e. The van der Waals surface area contributed by atoms with E-state index in [4.69, 9.17) is 17.4 Å². The minimum atomic E-state index is -0.218. The lowest BCUT2D eigenvalue weighted by atomic mass is 10.2. The molecule has 0 fully saturated rings. The maximum atomic E-state index is 5.96. The van der Waals surface area contributed by atoms with Crippen molar-refractivity contribution in [2.45, 2.75) is 6.04 Å². The zero-order chi connectivity index (χ0) is 13.9. The Hall–Kier alpha value is -1.73. The van der Waals surface area contributed by atoms with Gasteiger partial charge < -0.3 is 0 Å². The SMILES string of the molecule is NNC(c1cnn(-c2ccccc2)n1)c1ccc(Cl)s1. The molecule has 0 spiro atoms. The molecule has 7 heteroatoms. The Morgan fingerprint density at radius 1 is 1.20 bits per heavy atom. The molecule has 0 radical (unpaired) electrons. The number of nitrogens with zero attached hydrogens (tertiary/aromatic N) is 3. The monoisotopic (exact) mass is 305 g/mol. The first-order chi connectivity index (χ1) is 9.78. The Bertz CT molecular complexity index is 694. The number of hydrazine groups is 1. The molecule has 1 aromatic carbocycles. The summed E-state index contributed by atoms with van der Waals surface area (Å²) in [5, 5.41) is 8.73. The van der Waals surface area contributed by atoms with Gasteiger partial charge in [-0.15, -0.1) is 11.3 Å². The number of rotatable bonds is 4. The quantitative estimate of drug-likeness (QED) is 0.574. The van der Waals surface area contributed by atoms with E-state index in [1.54, 1.807) is 11.0 Å². The molecule has 0 saturated heterocycles. The number of hydrogen-bond donors (Lipinski definition) is 2. The fourth-order valence-corrected chi connectivity index (χ4v) is 3.02. The van der Waals surface area contributed by atoms with Crippen LogP contribution in [-0.4, -0.2) is 15.0 Å². The maximum Gasteiger partial charge on any atom is 0.107 e. The second kappa shape index (κ2) is 5.72. The van der Waals surface area contributed by atoms with E-state index in [-0.39, 0.29) is 6.04 Å². The van der Waals surface area contributed by atoms with E-state index in [1.165, 1.54) is 11.3 Å². The highest BCUT2D eigenvalue weighted by Crippen LogP contribution is 2.29. The van der Waals surface area contributed by atoms with Gasteiger partial charge in [0.15, 0.2) is 0 Å². The van der Waals surface area contributed by atoms with Gasteiger partial charge >= 0.3 is 0 Å². The van der Waals surface area contributed by atoms with Gasteiger partial charge in [-0.2, -0.15) is 15.0 Å². The van der Waals surface area contributed by atoms with Crippen LogP contribution in [0.5, 0.6) is 0 Å². The number of thiophene rings is 1. The van der Waals surface area contributed by atoms with Gasteiger partial charge in [0.05, 0.1) is 16.2 Å². The van der Waals surface area contributed by atoms with Crippen LogP contribution in [0, 0.1) is 0 Å². The van der Waals surface area contributed by atoms with E-state index in [9.17, 15) is 0 Å². The summed E-state index contributed by atoms with van der Waals surface area (Å²) < 4.78 is 0.718. The molecule has 1 unspecified atom stereocenters. The third kappa shape index (κ3) is 2.59. The number of halogens is 1. The van der Waals surface area contributed by atoms with Crippen LogP contribution in [0.25, 0.3) is 5.69 Å². The fraction of sp³-hybridized carbons (Fsp3) is 0.0769. The van der Waals surface area contributed by atoms with Crippen LogP contribution in [0.4, 0.5) is 0 Å². The smallest absolute Gasteiger partial charge is 0.107 e. The molecular formula is C13H12ClN5S. The standard InChI is InChI=1S/C13H12ClN5S/c14-12-7-6-11(20-12)13(17-15)10-8-16-19(18-10)9-4-2-1-3-5-9/h1-8,13,17H,15H2. The molecule has 0 aliphatic heterocycles. The van der Waals surface area contributed by atoms with Crippen molar-refractivity contribution >= 4 is 22.9 Å². The van der Waals surface area contributed by atoms with E-state index < -0.39 is 0 Å². The molecule has 3 aromatic rings. The van der Waals surface area contributed by atoms with E-state index in [0.717, 1.165) is 20.6 Å². The van der Waals surface area contributed by atoms with Crippen molar-refractivity contribution in [2.75, 3.05) is 0 Å². The maximum absolute atomic E-state index is 5.96. The van der Waals surface area contributed by atoms with Gasteiger partial charge in [0.25, 0.3) is 0 Å². The molecule has 0 saturated carbocycles. The van der Waals surface area contributed by atoms with Gasteiger partial charge in [-0.1, -0.05) is 29.8 Å². The normalized spacial score (nSPS) is 12.5. The zero-order valence-corrected chi connectivity index (χ0v) is 12.0. The summed E-state index contributed by atoms with van der Waals surface area (Å²) in [4.78, 5) is 2.58. The van der Waals surface area contributed by atoms with Crippen molar-refractivity contribution in [1.82, 2.24) is 20.4 Å². The molecule has 0 aliphatic rings. The molecule has 20 heavy (non-hydrogen) atoms. The molecule has 0 amide bonds. The Morgan fingerprint density at radius 2 is 2.00 bits per heavy atom. The minimum absolute atomic E-state index is 0.218. The number of para-hydroxylation sites is 1. The lowest BCUT2D eigenvalue weighted by molar-refractivity contribution is 0.617. The van der Waals surface area contributed by atoms with Gasteiger partial charge in [-0.3, -0.25) is 5.84 Å². The van der Waals surface area contributed by atoms with Crippen LogP contribution in [-0.2, 0) is 0 Å². The molecule has 0 aliphatic carbocycles. The molecule has 3 rings (SSSR count). The van der Waals surface area contributed by atoms with E-state index >= 15 is 0 Å². The summed E-state index contributed by atoms with van der Waals surface area (Å²) in [5.74, 6) is 5.63. The van der Waals surface area contributed by atoms with Gasteiger partial charge in [0.2, 0.25) is 0 Å². The molecule has 2 aromatic heterocycles. The number of hydrogen-bond acceptors (Lipinski definition) is 5. The van der Waals surface area contributed by atoms with E-state index in [2.05, 4.69) is 15.6 Å². The number of nitrogens with one attached hydrogen (secondary N) is 1. The highest BCUT2D eigenvalue weighted by molar-refractivity contribution is 7.16. The molecule has 0 bridgehead atoms. The van der Waals surface area contributed by atoms with Crippen molar-refractivity contribution in [3.05, 3.63) is 63.6 Å². The number of benzene rings is 1. The number of nitrogens with two attached hydrogens (primary N) is 1. The highest BCUT2D eigenvalue weighted by Gasteiger charge is 2.18. The largest absolute Gasteiger partial charge is 0.270 e. The van der Waals surface area contributed by atoms with Crippen molar-refractivity contribution < 1.29 is 0 Å². The average molecular weight is 306 g/mol.